The molecule has 0 spiro atoms. The number of hydrogen-bond donors (Lipinski definition) is 0. The Morgan fingerprint density at radius 3 is 2.39 bits per heavy atom. The second-order valence-corrected chi connectivity index (χ2v) is 5.07. The summed E-state index contributed by atoms with van der Waals surface area (Å²) in [5.41, 5.74) is 2.91. The van der Waals surface area contributed by atoms with E-state index < -0.39 is 0 Å². The van der Waals surface area contributed by atoms with E-state index in [9.17, 15) is 0 Å². The third-order valence-corrected chi connectivity index (χ3v) is 3.81. The summed E-state index contributed by atoms with van der Waals surface area (Å²) in [6.07, 6.45) is 2.53. The van der Waals surface area contributed by atoms with Gasteiger partial charge in [-0.2, -0.15) is 0 Å². The van der Waals surface area contributed by atoms with E-state index in [0.29, 0.717) is 0 Å². The largest absolute Gasteiger partial charge is 0.497 e. The van der Waals surface area contributed by atoms with E-state index in [4.69, 9.17) is 4.74 Å². The molecule has 2 aromatic carbocycles. The number of ether oxygens (including phenoxy) is 1. The third-order valence-electron chi connectivity index (χ3n) is 3.81. The second-order valence-electron chi connectivity index (χ2n) is 5.07. The van der Waals surface area contributed by atoms with Crippen LogP contribution in [0.5, 0.6) is 5.75 Å². The summed E-state index contributed by atoms with van der Waals surface area (Å²) in [6, 6.07) is 19.3. The molecule has 0 N–H and O–H groups in total. The van der Waals surface area contributed by atoms with Crippen LogP contribution >= 0.6 is 0 Å². The van der Waals surface area contributed by atoms with Gasteiger partial charge in [0.25, 0.3) is 0 Å². The summed E-state index contributed by atoms with van der Waals surface area (Å²) in [5, 5.41) is 0. The third kappa shape index (κ3) is 2.40. The minimum atomic E-state index is 0.746. The molecule has 0 bridgehead atoms. The smallest absolute Gasteiger partial charge is 0.118 e. The van der Waals surface area contributed by atoms with Crippen LogP contribution in [0.4, 0.5) is 0 Å². The fourth-order valence-corrected chi connectivity index (χ4v) is 2.65. The van der Waals surface area contributed by atoms with Crippen molar-refractivity contribution in [3.8, 4) is 5.75 Å². The summed E-state index contributed by atoms with van der Waals surface area (Å²) >= 11 is 0. The van der Waals surface area contributed by atoms with Gasteiger partial charge in [-0.1, -0.05) is 42.5 Å². The van der Waals surface area contributed by atoms with Crippen LogP contribution in [0, 0.1) is 5.92 Å². The molecule has 1 aliphatic carbocycles. The molecule has 1 saturated carbocycles. The minimum absolute atomic E-state index is 0.746. The highest BCUT2D eigenvalue weighted by atomic mass is 16.5. The lowest BCUT2D eigenvalue weighted by molar-refractivity contribution is 0.414. The quantitative estimate of drug-likeness (QED) is 0.781. The van der Waals surface area contributed by atoms with Crippen molar-refractivity contribution in [2.45, 2.75) is 18.8 Å². The van der Waals surface area contributed by atoms with Crippen LogP contribution in [0.3, 0.4) is 0 Å². The van der Waals surface area contributed by atoms with Crippen molar-refractivity contribution < 1.29 is 4.74 Å². The molecule has 0 saturated heterocycles. The van der Waals surface area contributed by atoms with Crippen LogP contribution in [0.15, 0.2) is 54.6 Å². The Labute approximate surface area is 108 Å². The molecule has 0 amide bonds. The van der Waals surface area contributed by atoms with E-state index in [1.165, 1.54) is 24.0 Å². The molecule has 0 radical (unpaired) electrons. The first-order valence-electron chi connectivity index (χ1n) is 6.54. The number of rotatable bonds is 4. The predicted octanol–water partition coefficient (Wildman–Crippen LogP) is 4.04. The van der Waals surface area contributed by atoms with E-state index in [1.807, 2.05) is 0 Å². The van der Waals surface area contributed by atoms with Gasteiger partial charge in [-0.25, -0.2) is 0 Å². The lowest BCUT2D eigenvalue weighted by atomic mass is 10.0. The highest BCUT2D eigenvalue weighted by Crippen LogP contribution is 2.49. The monoisotopic (exact) mass is 238 g/mol. The summed E-state index contributed by atoms with van der Waals surface area (Å²) in [5.74, 6) is 2.51. The van der Waals surface area contributed by atoms with E-state index in [0.717, 1.165) is 17.6 Å². The first-order valence-corrected chi connectivity index (χ1v) is 6.54. The molecule has 0 heterocycles. The zero-order valence-corrected chi connectivity index (χ0v) is 10.7. The number of benzene rings is 2. The van der Waals surface area contributed by atoms with E-state index in [1.54, 1.807) is 7.11 Å². The normalized spacial score (nSPS) is 21.6. The van der Waals surface area contributed by atoms with Crippen LogP contribution in [0.25, 0.3) is 0 Å². The zero-order chi connectivity index (χ0) is 12.4. The summed E-state index contributed by atoms with van der Waals surface area (Å²) < 4.78 is 5.19. The fraction of sp³-hybridized carbons (Fsp3) is 0.294. The lowest BCUT2D eigenvalue weighted by Crippen LogP contribution is -1.90. The first-order chi connectivity index (χ1) is 8.86. The Balaban J connectivity index is 1.63. The van der Waals surface area contributed by atoms with Gasteiger partial charge in [0.15, 0.2) is 0 Å². The van der Waals surface area contributed by atoms with Gasteiger partial charge in [-0.05, 0) is 47.9 Å². The van der Waals surface area contributed by atoms with Gasteiger partial charge in [0.1, 0.15) is 5.75 Å². The Morgan fingerprint density at radius 2 is 1.72 bits per heavy atom. The molecule has 1 fully saturated rings. The molecule has 18 heavy (non-hydrogen) atoms. The van der Waals surface area contributed by atoms with Gasteiger partial charge in [0.2, 0.25) is 0 Å². The Hall–Kier alpha value is -1.76. The molecule has 2 aromatic rings. The number of hydrogen-bond acceptors (Lipinski definition) is 1. The maximum absolute atomic E-state index is 5.19. The SMILES string of the molecule is COc1ccc(C2CC2Cc2ccccc2)cc1. The molecule has 0 aromatic heterocycles. The van der Waals surface area contributed by atoms with E-state index in [-0.39, 0.29) is 0 Å². The van der Waals surface area contributed by atoms with Gasteiger partial charge in [-0.3, -0.25) is 0 Å². The Morgan fingerprint density at radius 1 is 1.00 bits per heavy atom. The molecule has 3 rings (SSSR count). The lowest BCUT2D eigenvalue weighted by Gasteiger charge is -2.03. The molecule has 92 valence electrons. The molecule has 2 unspecified atom stereocenters. The number of methoxy groups -OCH3 is 1. The van der Waals surface area contributed by atoms with Crippen molar-refractivity contribution in [3.63, 3.8) is 0 Å². The first kappa shape index (κ1) is 11.3. The zero-order valence-electron chi connectivity index (χ0n) is 10.7. The highest BCUT2D eigenvalue weighted by Gasteiger charge is 2.37. The fourth-order valence-electron chi connectivity index (χ4n) is 2.65. The maximum Gasteiger partial charge on any atom is 0.118 e. The van der Waals surface area contributed by atoms with Gasteiger partial charge >= 0.3 is 0 Å². The van der Waals surface area contributed by atoms with Crippen molar-refractivity contribution in [2.24, 2.45) is 5.92 Å². The summed E-state index contributed by atoms with van der Waals surface area (Å²) in [6.45, 7) is 0. The van der Waals surface area contributed by atoms with Crippen LogP contribution in [-0.2, 0) is 6.42 Å². The summed E-state index contributed by atoms with van der Waals surface area (Å²) in [4.78, 5) is 0. The van der Waals surface area contributed by atoms with Crippen molar-refractivity contribution >= 4 is 0 Å². The molecule has 2 atom stereocenters. The second kappa shape index (κ2) is 4.85. The van der Waals surface area contributed by atoms with Gasteiger partial charge in [-0.15, -0.1) is 0 Å². The van der Waals surface area contributed by atoms with Crippen molar-refractivity contribution in [2.75, 3.05) is 7.11 Å². The molecular weight excluding hydrogens is 220 g/mol. The van der Waals surface area contributed by atoms with E-state index >= 15 is 0 Å². The molecular formula is C17H18O. The van der Waals surface area contributed by atoms with Crippen molar-refractivity contribution in [1.29, 1.82) is 0 Å². The van der Waals surface area contributed by atoms with Crippen LogP contribution in [-0.4, -0.2) is 7.11 Å². The maximum atomic E-state index is 5.19. The average Bonchev–Trinajstić information content (AvgIpc) is 3.19. The Bertz CT molecular complexity index is 501. The molecule has 1 aliphatic rings. The predicted molar refractivity (Wildman–Crippen MR) is 74.0 cm³/mol. The Kier molecular flexibility index (Phi) is 3.06. The van der Waals surface area contributed by atoms with Crippen LogP contribution < -0.4 is 4.74 Å². The minimum Gasteiger partial charge on any atom is -0.497 e. The van der Waals surface area contributed by atoms with Gasteiger partial charge in [0, 0.05) is 0 Å². The highest BCUT2D eigenvalue weighted by molar-refractivity contribution is 5.33. The molecule has 1 nitrogen and oxygen atoms in total. The summed E-state index contributed by atoms with van der Waals surface area (Å²) in [7, 11) is 1.71. The van der Waals surface area contributed by atoms with Gasteiger partial charge in [0.05, 0.1) is 7.11 Å². The van der Waals surface area contributed by atoms with Crippen molar-refractivity contribution in [1.82, 2.24) is 0 Å². The molecule has 1 heteroatoms. The average molecular weight is 238 g/mol. The topological polar surface area (TPSA) is 9.23 Å². The van der Waals surface area contributed by atoms with Crippen molar-refractivity contribution in [3.05, 3.63) is 65.7 Å². The van der Waals surface area contributed by atoms with E-state index in [2.05, 4.69) is 54.6 Å². The molecule has 0 aliphatic heterocycles. The van der Waals surface area contributed by atoms with Gasteiger partial charge < -0.3 is 4.74 Å². The van der Waals surface area contributed by atoms with Crippen LogP contribution in [0.2, 0.25) is 0 Å². The van der Waals surface area contributed by atoms with Crippen LogP contribution in [0.1, 0.15) is 23.5 Å². The standard InChI is InChI=1S/C17H18O/c1-18-16-9-7-14(8-10-16)17-12-15(17)11-13-5-3-2-4-6-13/h2-10,15,17H,11-12H2,1H3.